The highest BCUT2D eigenvalue weighted by molar-refractivity contribution is 5.76. The standard InChI is InChI=1S/C13H19F3N4O3/c1-2-10-17-12(19-18-10)9-7-20(4-6-23-9)11(21)3-5-22-8-13(14,15)16/h9H,2-8H2,1H3,(H,17,18,19)/t9-/m0/s1. The van der Waals surface area contributed by atoms with Crippen molar-refractivity contribution in [1.82, 2.24) is 20.1 Å². The molecule has 1 saturated heterocycles. The fraction of sp³-hybridized carbons (Fsp3) is 0.769. The van der Waals surface area contributed by atoms with Crippen molar-refractivity contribution in [3.05, 3.63) is 11.6 Å². The third-order valence-corrected chi connectivity index (χ3v) is 3.32. The molecule has 1 aromatic rings. The van der Waals surface area contributed by atoms with E-state index in [0.717, 1.165) is 5.82 Å². The van der Waals surface area contributed by atoms with Crippen LogP contribution in [0.1, 0.15) is 31.1 Å². The van der Waals surface area contributed by atoms with Crippen LogP contribution >= 0.6 is 0 Å². The predicted molar refractivity (Wildman–Crippen MR) is 72.5 cm³/mol. The lowest BCUT2D eigenvalue weighted by Gasteiger charge is -2.31. The van der Waals surface area contributed by atoms with Crippen LogP contribution in [0.25, 0.3) is 0 Å². The van der Waals surface area contributed by atoms with Crippen molar-refractivity contribution < 1.29 is 27.4 Å². The van der Waals surface area contributed by atoms with E-state index >= 15 is 0 Å². The van der Waals surface area contributed by atoms with E-state index in [0.29, 0.717) is 25.4 Å². The first-order chi connectivity index (χ1) is 10.9. The SMILES string of the molecule is CCc1nc([C@@H]2CN(C(=O)CCOCC(F)(F)F)CCO2)n[nH]1. The van der Waals surface area contributed by atoms with E-state index in [-0.39, 0.29) is 25.5 Å². The molecule has 2 heterocycles. The van der Waals surface area contributed by atoms with Gasteiger partial charge in [-0.05, 0) is 0 Å². The zero-order chi connectivity index (χ0) is 16.9. The molecule has 1 aliphatic rings. The Balaban J connectivity index is 1.79. The van der Waals surface area contributed by atoms with Gasteiger partial charge in [-0.15, -0.1) is 0 Å². The number of aromatic nitrogens is 3. The van der Waals surface area contributed by atoms with E-state index in [1.165, 1.54) is 4.90 Å². The molecule has 1 N–H and O–H groups in total. The maximum atomic E-state index is 12.0. The average Bonchev–Trinajstić information content (AvgIpc) is 2.99. The van der Waals surface area contributed by atoms with Crippen LogP contribution < -0.4 is 0 Å². The molecule has 10 heteroatoms. The molecule has 0 unspecified atom stereocenters. The largest absolute Gasteiger partial charge is 0.411 e. The Hall–Kier alpha value is -1.68. The van der Waals surface area contributed by atoms with Crippen molar-refractivity contribution in [2.75, 3.05) is 32.9 Å². The van der Waals surface area contributed by atoms with Crippen molar-refractivity contribution in [1.29, 1.82) is 0 Å². The molecule has 2 rings (SSSR count). The number of alkyl halides is 3. The van der Waals surface area contributed by atoms with E-state index in [1.54, 1.807) is 0 Å². The summed E-state index contributed by atoms with van der Waals surface area (Å²) in [6.45, 7) is 1.32. The number of morpholine rings is 1. The third-order valence-electron chi connectivity index (χ3n) is 3.32. The molecule has 0 aliphatic carbocycles. The number of carbonyl (C=O) groups is 1. The van der Waals surface area contributed by atoms with Crippen LogP contribution in [0.5, 0.6) is 0 Å². The molecule has 0 spiro atoms. The smallest absolute Gasteiger partial charge is 0.372 e. The van der Waals surface area contributed by atoms with Crippen molar-refractivity contribution >= 4 is 5.91 Å². The van der Waals surface area contributed by atoms with Gasteiger partial charge in [0.2, 0.25) is 5.91 Å². The Morgan fingerprint density at radius 3 is 2.96 bits per heavy atom. The summed E-state index contributed by atoms with van der Waals surface area (Å²) in [5.41, 5.74) is 0. The minimum atomic E-state index is -4.38. The fourth-order valence-corrected chi connectivity index (χ4v) is 2.15. The summed E-state index contributed by atoms with van der Waals surface area (Å²) in [5, 5.41) is 6.84. The summed E-state index contributed by atoms with van der Waals surface area (Å²) in [6, 6.07) is 0. The Morgan fingerprint density at radius 2 is 2.30 bits per heavy atom. The van der Waals surface area contributed by atoms with Crippen LogP contribution in [0.2, 0.25) is 0 Å². The van der Waals surface area contributed by atoms with Gasteiger partial charge in [0, 0.05) is 13.0 Å². The highest BCUT2D eigenvalue weighted by atomic mass is 19.4. The summed E-state index contributed by atoms with van der Waals surface area (Å²) >= 11 is 0. The average molecular weight is 336 g/mol. The Labute approximate surface area is 131 Å². The number of nitrogens with zero attached hydrogens (tertiary/aromatic N) is 3. The number of amides is 1. The van der Waals surface area contributed by atoms with Crippen LogP contribution in [0, 0.1) is 0 Å². The molecular weight excluding hydrogens is 317 g/mol. The minimum absolute atomic E-state index is 0.100. The Kier molecular flexibility index (Phi) is 5.94. The maximum absolute atomic E-state index is 12.0. The normalized spacial score (nSPS) is 19.1. The van der Waals surface area contributed by atoms with Crippen LogP contribution in [-0.2, 0) is 20.7 Å². The van der Waals surface area contributed by atoms with Gasteiger partial charge in [0.1, 0.15) is 18.5 Å². The second-order valence-corrected chi connectivity index (χ2v) is 5.11. The summed E-state index contributed by atoms with van der Waals surface area (Å²) in [7, 11) is 0. The molecule has 1 amide bonds. The van der Waals surface area contributed by atoms with E-state index in [9.17, 15) is 18.0 Å². The lowest BCUT2D eigenvalue weighted by atomic mass is 10.2. The fourth-order valence-electron chi connectivity index (χ4n) is 2.15. The molecule has 0 saturated carbocycles. The van der Waals surface area contributed by atoms with E-state index in [4.69, 9.17) is 4.74 Å². The number of halogens is 3. The van der Waals surface area contributed by atoms with Crippen molar-refractivity contribution in [2.24, 2.45) is 0 Å². The minimum Gasteiger partial charge on any atom is -0.372 e. The number of nitrogens with one attached hydrogen (secondary N) is 1. The van der Waals surface area contributed by atoms with E-state index < -0.39 is 18.9 Å². The van der Waals surface area contributed by atoms with Crippen molar-refractivity contribution in [2.45, 2.75) is 32.0 Å². The predicted octanol–water partition coefficient (Wildman–Crippen LogP) is 1.24. The van der Waals surface area contributed by atoms with Crippen LogP contribution in [0.4, 0.5) is 13.2 Å². The van der Waals surface area contributed by atoms with Crippen LogP contribution in [0.15, 0.2) is 0 Å². The molecule has 7 nitrogen and oxygen atoms in total. The highest BCUT2D eigenvalue weighted by Gasteiger charge is 2.29. The second-order valence-electron chi connectivity index (χ2n) is 5.11. The van der Waals surface area contributed by atoms with Crippen molar-refractivity contribution in [3.8, 4) is 0 Å². The molecule has 130 valence electrons. The number of carbonyl (C=O) groups excluding carboxylic acids is 1. The topological polar surface area (TPSA) is 80.3 Å². The van der Waals surface area contributed by atoms with Gasteiger partial charge in [0.25, 0.3) is 0 Å². The number of aromatic amines is 1. The van der Waals surface area contributed by atoms with Gasteiger partial charge in [-0.1, -0.05) is 6.92 Å². The van der Waals surface area contributed by atoms with E-state index in [2.05, 4.69) is 19.9 Å². The number of rotatable bonds is 6. The van der Waals surface area contributed by atoms with Gasteiger partial charge >= 0.3 is 6.18 Å². The van der Waals surface area contributed by atoms with Gasteiger partial charge < -0.3 is 14.4 Å². The quantitative estimate of drug-likeness (QED) is 0.791. The first kappa shape index (κ1) is 17.7. The highest BCUT2D eigenvalue weighted by Crippen LogP contribution is 2.20. The van der Waals surface area contributed by atoms with Crippen molar-refractivity contribution in [3.63, 3.8) is 0 Å². The Bertz CT molecular complexity index is 521. The molecular formula is C13H19F3N4O3. The molecule has 0 aromatic carbocycles. The monoisotopic (exact) mass is 336 g/mol. The lowest BCUT2D eigenvalue weighted by Crippen LogP contribution is -2.42. The molecule has 1 aliphatic heterocycles. The Morgan fingerprint density at radius 1 is 1.52 bits per heavy atom. The number of hydrogen-bond donors (Lipinski definition) is 1. The lowest BCUT2D eigenvalue weighted by molar-refractivity contribution is -0.175. The number of H-pyrrole nitrogens is 1. The third kappa shape index (κ3) is 5.47. The summed E-state index contributed by atoms with van der Waals surface area (Å²) in [5.74, 6) is 0.937. The molecule has 1 fully saturated rings. The molecule has 1 atom stereocenters. The first-order valence-electron chi connectivity index (χ1n) is 7.34. The molecule has 0 bridgehead atoms. The second kappa shape index (κ2) is 7.73. The van der Waals surface area contributed by atoms with Gasteiger partial charge in [0.05, 0.1) is 26.2 Å². The zero-order valence-electron chi connectivity index (χ0n) is 12.7. The molecule has 23 heavy (non-hydrogen) atoms. The van der Waals surface area contributed by atoms with Gasteiger partial charge in [0.15, 0.2) is 5.82 Å². The maximum Gasteiger partial charge on any atom is 0.411 e. The van der Waals surface area contributed by atoms with Gasteiger partial charge in [-0.3, -0.25) is 9.89 Å². The van der Waals surface area contributed by atoms with Crippen LogP contribution in [0.3, 0.4) is 0 Å². The number of hydrogen-bond acceptors (Lipinski definition) is 5. The summed E-state index contributed by atoms with van der Waals surface area (Å²) in [4.78, 5) is 17.8. The number of ether oxygens (including phenoxy) is 2. The summed E-state index contributed by atoms with van der Waals surface area (Å²) < 4.78 is 45.9. The van der Waals surface area contributed by atoms with E-state index in [1.807, 2.05) is 6.92 Å². The zero-order valence-corrected chi connectivity index (χ0v) is 12.7. The van der Waals surface area contributed by atoms with Gasteiger partial charge in [-0.25, -0.2) is 4.98 Å². The molecule has 0 radical (unpaired) electrons. The number of aryl methyl sites for hydroxylation is 1. The van der Waals surface area contributed by atoms with Crippen LogP contribution in [-0.4, -0.2) is 65.1 Å². The summed E-state index contributed by atoms with van der Waals surface area (Å²) in [6.07, 6.45) is -4.20. The first-order valence-corrected chi connectivity index (χ1v) is 7.34. The molecule has 1 aromatic heterocycles. The van der Waals surface area contributed by atoms with Gasteiger partial charge in [-0.2, -0.15) is 18.3 Å².